The van der Waals surface area contributed by atoms with Crippen molar-refractivity contribution < 1.29 is 0 Å². The van der Waals surface area contributed by atoms with Gasteiger partial charge in [-0.3, -0.25) is 0 Å². The Morgan fingerprint density at radius 3 is 0.824 bits per heavy atom. The molecule has 0 fully saturated rings. The molecule has 0 nitrogen and oxygen atoms in total. The van der Waals surface area contributed by atoms with Crippen LogP contribution in [0.4, 0.5) is 0 Å². The molecule has 0 heterocycles. The van der Waals surface area contributed by atoms with Crippen molar-refractivity contribution in [3.05, 3.63) is 0 Å². The predicted octanol–water partition coefficient (Wildman–Crippen LogP) is 7.08. The van der Waals surface area contributed by atoms with Crippen LogP contribution in [0.1, 0.15) is 100 Å². The Kier molecular flexibility index (Phi) is 27.8. The summed E-state index contributed by atoms with van der Waals surface area (Å²) in [7, 11) is 0. The predicted molar refractivity (Wildman–Crippen MR) is 84.7 cm³/mol. The molecule has 0 saturated heterocycles. The molecule has 0 aromatic carbocycles. The first-order chi connectivity index (χ1) is 7.95. The molecular formula is C17H40. The Morgan fingerprint density at radius 1 is 0.529 bits per heavy atom. The molecular weight excluding hydrogens is 204 g/mol. The van der Waals surface area contributed by atoms with Crippen LogP contribution in [0.3, 0.4) is 0 Å². The summed E-state index contributed by atoms with van der Waals surface area (Å²) in [5, 5.41) is 0. The van der Waals surface area contributed by atoms with Crippen LogP contribution >= 0.6 is 0 Å². The topological polar surface area (TPSA) is 0 Å². The van der Waals surface area contributed by atoms with Gasteiger partial charge in [0.2, 0.25) is 0 Å². The molecule has 0 heteroatoms. The summed E-state index contributed by atoms with van der Waals surface area (Å²) in [6.45, 7) is 17.9. The van der Waals surface area contributed by atoms with E-state index in [1.807, 2.05) is 0 Å². The quantitative estimate of drug-likeness (QED) is 0.468. The average Bonchev–Trinajstić information content (AvgIpc) is 2.20. The van der Waals surface area contributed by atoms with Crippen LogP contribution in [-0.4, -0.2) is 0 Å². The molecule has 17 heavy (non-hydrogen) atoms. The average molecular weight is 245 g/mol. The molecule has 0 aliphatic carbocycles. The van der Waals surface area contributed by atoms with E-state index in [1.165, 1.54) is 44.9 Å². The van der Waals surface area contributed by atoms with E-state index in [2.05, 4.69) is 55.4 Å². The summed E-state index contributed by atoms with van der Waals surface area (Å²) in [6, 6.07) is 0. The van der Waals surface area contributed by atoms with Gasteiger partial charge in [0.05, 0.1) is 0 Å². The minimum Gasteiger partial charge on any atom is -0.0654 e. The van der Waals surface area contributed by atoms with Crippen LogP contribution in [0.25, 0.3) is 0 Å². The van der Waals surface area contributed by atoms with Gasteiger partial charge < -0.3 is 0 Å². The summed E-state index contributed by atoms with van der Waals surface area (Å²) >= 11 is 0. The van der Waals surface area contributed by atoms with Crippen LogP contribution in [0, 0.1) is 11.8 Å². The Hall–Kier alpha value is 0. The van der Waals surface area contributed by atoms with Crippen LogP contribution in [0.5, 0.6) is 0 Å². The number of rotatable bonds is 6. The summed E-state index contributed by atoms with van der Waals surface area (Å²) in [5.74, 6) is 1.80. The Bertz CT molecular complexity index is 80.2. The van der Waals surface area contributed by atoms with Gasteiger partial charge in [0, 0.05) is 0 Å². The maximum absolute atomic E-state index is 2.25. The van der Waals surface area contributed by atoms with Crippen molar-refractivity contribution in [1.82, 2.24) is 0 Å². The molecule has 0 radical (unpaired) electrons. The third-order valence-electron chi connectivity index (χ3n) is 2.44. The van der Waals surface area contributed by atoms with E-state index in [0.717, 1.165) is 11.8 Å². The minimum absolute atomic E-state index is 0.898. The van der Waals surface area contributed by atoms with E-state index in [4.69, 9.17) is 0 Å². The lowest BCUT2D eigenvalue weighted by Gasteiger charge is -1.95. The second-order valence-corrected chi connectivity index (χ2v) is 5.72. The van der Waals surface area contributed by atoms with Crippen molar-refractivity contribution in [2.75, 3.05) is 0 Å². The van der Waals surface area contributed by atoms with E-state index in [0.29, 0.717) is 0 Å². The lowest BCUT2D eigenvalue weighted by molar-refractivity contribution is 0.576. The second-order valence-electron chi connectivity index (χ2n) is 5.72. The molecule has 0 bridgehead atoms. The molecule has 0 aliphatic rings. The SMILES string of the molecule is CCCC(C)C.CCCC(C)C.CCCCC. The Morgan fingerprint density at radius 2 is 0.824 bits per heavy atom. The fraction of sp³-hybridized carbons (Fsp3) is 1.00. The number of hydrogen-bond donors (Lipinski definition) is 0. The summed E-state index contributed by atoms with van der Waals surface area (Å²) in [4.78, 5) is 0. The van der Waals surface area contributed by atoms with Crippen molar-refractivity contribution in [2.45, 2.75) is 100 Å². The van der Waals surface area contributed by atoms with Gasteiger partial charge in [0.1, 0.15) is 0 Å². The molecule has 0 atom stereocenters. The van der Waals surface area contributed by atoms with Gasteiger partial charge in [-0.1, -0.05) is 100 Å². The molecule has 0 saturated carbocycles. The molecule has 108 valence electrons. The van der Waals surface area contributed by atoms with Gasteiger partial charge in [-0.25, -0.2) is 0 Å². The van der Waals surface area contributed by atoms with Crippen LogP contribution in [-0.2, 0) is 0 Å². The van der Waals surface area contributed by atoms with Gasteiger partial charge in [-0.2, -0.15) is 0 Å². The van der Waals surface area contributed by atoms with Gasteiger partial charge in [-0.05, 0) is 11.8 Å². The Labute approximate surface area is 113 Å². The van der Waals surface area contributed by atoms with Crippen molar-refractivity contribution >= 4 is 0 Å². The first kappa shape index (κ1) is 22.2. The first-order valence-electron chi connectivity index (χ1n) is 7.95. The second kappa shape index (κ2) is 21.3. The fourth-order valence-electron chi connectivity index (χ4n) is 1.51. The van der Waals surface area contributed by atoms with Crippen LogP contribution < -0.4 is 0 Å². The van der Waals surface area contributed by atoms with E-state index < -0.39 is 0 Å². The number of unbranched alkanes of at least 4 members (excludes halogenated alkanes) is 2. The normalized spacial score (nSPS) is 9.53. The smallest absolute Gasteiger partial charge is 0.0471 e. The molecule has 0 amide bonds. The lowest BCUT2D eigenvalue weighted by Crippen LogP contribution is -1.81. The summed E-state index contributed by atoms with van der Waals surface area (Å²) in [6.07, 6.45) is 9.49. The van der Waals surface area contributed by atoms with Crippen molar-refractivity contribution in [3.63, 3.8) is 0 Å². The van der Waals surface area contributed by atoms with E-state index in [-0.39, 0.29) is 0 Å². The van der Waals surface area contributed by atoms with Gasteiger partial charge >= 0.3 is 0 Å². The highest BCUT2D eigenvalue weighted by Crippen LogP contribution is 2.00. The molecule has 0 aromatic rings. The van der Waals surface area contributed by atoms with Gasteiger partial charge in [0.15, 0.2) is 0 Å². The largest absolute Gasteiger partial charge is 0.0654 e. The highest BCUT2D eigenvalue weighted by molar-refractivity contribution is 4.39. The van der Waals surface area contributed by atoms with Gasteiger partial charge in [-0.15, -0.1) is 0 Å². The summed E-state index contributed by atoms with van der Waals surface area (Å²) in [5.41, 5.74) is 0. The molecule has 0 aromatic heterocycles. The molecule has 0 spiro atoms. The first-order valence-corrected chi connectivity index (χ1v) is 7.95. The highest BCUT2D eigenvalue weighted by atomic mass is 13.9. The monoisotopic (exact) mass is 244 g/mol. The molecule has 0 rings (SSSR count). The molecule has 0 N–H and O–H groups in total. The highest BCUT2D eigenvalue weighted by Gasteiger charge is 1.86. The van der Waals surface area contributed by atoms with Crippen molar-refractivity contribution in [2.24, 2.45) is 11.8 Å². The molecule has 0 aliphatic heterocycles. The van der Waals surface area contributed by atoms with E-state index in [1.54, 1.807) is 0 Å². The third kappa shape index (κ3) is 49.0. The van der Waals surface area contributed by atoms with Crippen LogP contribution in [0.15, 0.2) is 0 Å². The molecule has 0 unspecified atom stereocenters. The Balaban J connectivity index is -0.000000174. The zero-order valence-electron chi connectivity index (χ0n) is 14.1. The van der Waals surface area contributed by atoms with E-state index >= 15 is 0 Å². The lowest BCUT2D eigenvalue weighted by atomic mass is 10.1. The zero-order chi connectivity index (χ0) is 14.1. The minimum atomic E-state index is 0.898. The van der Waals surface area contributed by atoms with Crippen LogP contribution in [0.2, 0.25) is 0 Å². The fourth-order valence-corrected chi connectivity index (χ4v) is 1.51. The maximum atomic E-state index is 2.25. The maximum Gasteiger partial charge on any atom is -0.0471 e. The van der Waals surface area contributed by atoms with Gasteiger partial charge in [0.25, 0.3) is 0 Å². The standard InChI is InChI=1S/2C6H14.C5H12/c2*1-4-5-6(2)3;1-3-5-4-2/h2*6H,4-5H2,1-3H3;3-5H2,1-2H3. The number of hydrogen-bond acceptors (Lipinski definition) is 0. The third-order valence-corrected chi connectivity index (χ3v) is 2.44. The summed E-state index contributed by atoms with van der Waals surface area (Å²) < 4.78 is 0. The zero-order valence-corrected chi connectivity index (χ0v) is 14.1. The van der Waals surface area contributed by atoms with Crippen molar-refractivity contribution in [1.29, 1.82) is 0 Å². The van der Waals surface area contributed by atoms with E-state index in [9.17, 15) is 0 Å². The van der Waals surface area contributed by atoms with Crippen molar-refractivity contribution in [3.8, 4) is 0 Å².